The molecule has 0 aliphatic heterocycles. The Labute approximate surface area is 121 Å². The zero-order chi connectivity index (χ0) is 14.1. The molecule has 102 valence electrons. The molecular formula is C17H27Br. The highest BCUT2D eigenvalue weighted by Gasteiger charge is 2.37. The van der Waals surface area contributed by atoms with Gasteiger partial charge < -0.3 is 0 Å². The van der Waals surface area contributed by atoms with Crippen LogP contribution >= 0.6 is 15.9 Å². The zero-order valence-electron chi connectivity index (χ0n) is 12.9. The lowest BCUT2D eigenvalue weighted by atomic mass is 9.63. The van der Waals surface area contributed by atoms with Crippen molar-refractivity contribution < 1.29 is 0 Å². The van der Waals surface area contributed by atoms with Crippen LogP contribution in [0.4, 0.5) is 0 Å². The zero-order valence-corrected chi connectivity index (χ0v) is 14.5. The van der Waals surface area contributed by atoms with Gasteiger partial charge in [0.15, 0.2) is 0 Å². The molecule has 1 aromatic rings. The minimum atomic E-state index is 0.321. The first-order valence-corrected chi connectivity index (χ1v) is 7.84. The Morgan fingerprint density at radius 2 is 1.28 bits per heavy atom. The van der Waals surface area contributed by atoms with Gasteiger partial charge in [0.1, 0.15) is 0 Å². The van der Waals surface area contributed by atoms with Crippen molar-refractivity contribution in [3.05, 3.63) is 33.3 Å². The second-order valence-electron chi connectivity index (χ2n) is 6.41. The van der Waals surface area contributed by atoms with Gasteiger partial charge in [-0.1, -0.05) is 63.5 Å². The third-order valence-electron chi connectivity index (χ3n) is 4.13. The molecule has 0 aromatic heterocycles. The van der Waals surface area contributed by atoms with Gasteiger partial charge in [-0.15, -0.1) is 0 Å². The van der Waals surface area contributed by atoms with Crippen LogP contribution in [0.3, 0.4) is 0 Å². The minimum Gasteiger partial charge on any atom is -0.0683 e. The van der Waals surface area contributed by atoms with Crippen LogP contribution in [0.15, 0.2) is 16.6 Å². The van der Waals surface area contributed by atoms with Crippen LogP contribution in [0.25, 0.3) is 0 Å². The fraction of sp³-hybridized carbons (Fsp3) is 0.647. The lowest BCUT2D eigenvalue weighted by Crippen LogP contribution is -2.33. The third-order valence-corrected chi connectivity index (χ3v) is 4.99. The molecule has 1 aliphatic rings. The highest BCUT2D eigenvalue weighted by atomic mass is 79.9. The molecule has 0 heterocycles. The Bertz CT molecular complexity index is 386. The van der Waals surface area contributed by atoms with E-state index >= 15 is 0 Å². The average Bonchev–Trinajstić information content (AvgIpc) is 2.31. The summed E-state index contributed by atoms with van der Waals surface area (Å²) in [6, 6.07) is 4.71. The van der Waals surface area contributed by atoms with Crippen LogP contribution in [-0.2, 0) is 10.8 Å². The van der Waals surface area contributed by atoms with E-state index in [2.05, 4.69) is 62.7 Å². The number of benzene rings is 1. The molecule has 0 atom stereocenters. The Hall–Kier alpha value is -0.300. The number of halogens is 1. The van der Waals surface area contributed by atoms with Gasteiger partial charge in [-0.2, -0.15) is 0 Å². The molecule has 0 bridgehead atoms. The van der Waals surface area contributed by atoms with Crippen LogP contribution in [0.1, 0.15) is 71.1 Å². The quantitative estimate of drug-likeness (QED) is 0.540. The fourth-order valence-electron chi connectivity index (χ4n) is 2.70. The molecule has 2 rings (SSSR count). The fourth-order valence-corrected chi connectivity index (χ4v) is 3.04. The number of hydrogen-bond donors (Lipinski definition) is 0. The van der Waals surface area contributed by atoms with Crippen molar-refractivity contribution in [2.45, 2.75) is 72.1 Å². The van der Waals surface area contributed by atoms with Crippen molar-refractivity contribution in [2.24, 2.45) is 0 Å². The first-order valence-electron chi connectivity index (χ1n) is 7.05. The smallest absolute Gasteiger partial charge is 0.0207 e. The van der Waals surface area contributed by atoms with Crippen LogP contribution < -0.4 is 0 Å². The van der Waals surface area contributed by atoms with Crippen molar-refractivity contribution in [1.82, 2.24) is 0 Å². The van der Waals surface area contributed by atoms with E-state index in [1.165, 1.54) is 28.4 Å². The average molecular weight is 311 g/mol. The number of fused-ring (bicyclic) bond motifs is 1. The maximum atomic E-state index is 3.66. The number of aryl methyl sites for hydroxylation is 1. The molecule has 0 unspecified atom stereocenters. The van der Waals surface area contributed by atoms with Gasteiger partial charge in [0.2, 0.25) is 0 Å². The Kier molecular flexibility index (Phi) is 4.70. The van der Waals surface area contributed by atoms with Crippen LogP contribution in [0, 0.1) is 6.92 Å². The lowest BCUT2D eigenvalue weighted by molar-refractivity contribution is 0.331. The SMILES string of the molecule is CC.Cc1cc2c(cc1Br)C(C)(C)CCC2(C)C. The molecule has 0 saturated carbocycles. The van der Waals surface area contributed by atoms with Crippen LogP contribution in [0.2, 0.25) is 0 Å². The van der Waals surface area contributed by atoms with Crippen molar-refractivity contribution in [3.63, 3.8) is 0 Å². The summed E-state index contributed by atoms with van der Waals surface area (Å²) >= 11 is 3.66. The highest BCUT2D eigenvalue weighted by molar-refractivity contribution is 9.10. The van der Waals surface area contributed by atoms with E-state index in [0.717, 1.165) is 0 Å². The summed E-state index contributed by atoms with van der Waals surface area (Å²) in [5.74, 6) is 0. The maximum Gasteiger partial charge on any atom is 0.0207 e. The first kappa shape index (κ1) is 15.8. The van der Waals surface area contributed by atoms with Gasteiger partial charge >= 0.3 is 0 Å². The molecule has 1 heteroatoms. The standard InChI is InChI=1S/C15H21Br.C2H6/c1-10-8-11-12(9-13(10)16)15(4,5)7-6-14(11,2)3;1-2/h8-9H,6-7H2,1-5H3;1-2H3. The second-order valence-corrected chi connectivity index (χ2v) is 7.27. The number of rotatable bonds is 0. The summed E-state index contributed by atoms with van der Waals surface area (Å²) in [5.41, 5.74) is 5.08. The molecule has 0 radical (unpaired) electrons. The van der Waals surface area contributed by atoms with Gasteiger partial charge in [0.05, 0.1) is 0 Å². The summed E-state index contributed by atoms with van der Waals surface area (Å²) in [7, 11) is 0. The van der Waals surface area contributed by atoms with E-state index in [1.807, 2.05) is 13.8 Å². The normalized spacial score (nSPS) is 19.6. The molecule has 1 aliphatic carbocycles. The van der Waals surface area contributed by atoms with E-state index < -0.39 is 0 Å². The van der Waals surface area contributed by atoms with Gasteiger partial charge in [0, 0.05) is 4.47 Å². The summed E-state index contributed by atoms with van der Waals surface area (Å²) in [6.45, 7) is 15.6. The highest BCUT2D eigenvalue weighted by Crippen LogP contribution is 2.46. The monoisotopic (exact) mass is 310 g/mol. The molecule has 0 spiro atoms. The predicted octanol–water partition coefficient (Wildman–Crippen LogP) is 6.13. The van der Waals surface area contributed by atoms with Crippen LogP contribution in [0.5, 0.6) is 0 Å². The summed E-state index contributed by atoms with van der Waals surface area (Å²) in [6.07, 6.45) is 2.57. The largest absolute Gasteiger partial charge is 0.0683 e. The van der Waals surface area contributed by atoms with Crippen molar-refractivity contribution in [2.75, 3.05) is 0 Å². The summed E-state index contributed by atoms with van der Waals surface area (Å²) < 4.78 is 1.25. The van der Waals surface area contributed by atoms with Crippen molar-refractivity contribution in [3.8, 4) is 0 Å². The van der Waals surface area contributed by atoms with Crippen molar-refractivity contribution in [1.29, 1.82) is 0 Å². The van der Waals surface area contributed by atoms with E-state index in [-0.39, 0.29) is 0 Å². The predicted molar refractivity (Wildman–Crippen MR) is 85.5 cm³/mol. The molecule has 1 aromatic carbocycles. The Morgan fingerprint density at radius 3 is 1.72 bits per heavy atom. The molecule has 0 amide bonds. The molecular weight excluding hydrogens is 284 g/mol. The summed E-state index contributed by atoms with van der Waals surface area (Å²) in [4.78, 5) is 0. The number of hydrogen-bond acceptors (Lipinski definition) is 0. The topological polar surface area (TPSA) is 0 Å². The van der Waals surface area contributed by atoms with Crippen molar-refractivity contribution >= 4 is 15.9 Å². The van der Waals surface area contributed by atoms with Crippen LogP contribution in [-0.4, -0.2) is 0 Å². The van der Waals surface area contributed by atoms with Gasteiger partial charge in [0.25, 0.3) is 0 Å². The Morgan fingerprint density at radius 1 is 0.889 bits per heavy atom. The van der Waals surface area contributed by atoms with E-state index in [9.17, 15) is 0 Å². The Balaban J connectivity index is 0.000000771. The summed E-state index contributed by atoms with van der Waals surface area (Å²) in [5, 5.41) is 0. The van der Waals surface area contributed by atoms with E-state index in [0.29, 0.717) is 10.8 Å². The second kappa shape index (κ2) is 5.36. The first-order chi connectivity index (χ1) is 8.24. The van der Waals surface area contributed by atoms with Gasteiger partial charge in [-0.25, -0.2) is 0 Å². The molecule has 0 saturated heterocycles. The van der Waals surface area contributed by atoms with Gasteiger partial charge in [-0.05, 0) is 53.4 Å². The third kappa shape index (κ3) is 2.82. The molecule has 0 nitrogen and oxygen atoms in total. The van der Waals surface area contributed by atoms with E-state index in [4.69, 9.17) is 0 Å². The van der Waals surface area contributed by atoms with Gasteiger partial charge in [-0.3, -0.25) is 0 Å². The molecule has 0 N–H and O–H groups in total. The molecule has 18 heavy (non-hydrogen) atoms. The lowest BCUT2D eigenvalue weighted by Gasteiger charge is -2.42. The van der Waals surface area contributed by atoms with E-state index in [1.54, 1.807) is 5.56 Å². The molecule has 0 fully saturated rings. The minimum absolute atomic E-state index is 0.321. The maximum absolute atomic E-state index is 3.66.